The van der Waals surface area contributed by atoms with Crippen LogP contribution in [0.4, 0.5) is 0 Å². The number of hydrogen-bond acceptors (Lipinski definition) is 2. The third-order valence-electron chi connectivity index (χ3n) is 4.40. The lowest BCUT2D eigenvalue weighted by Crippen LogP contribution is -2.37. The molecule has 16 heavy (non-hydrogen) atoms. The zero-order chi connectivity index (χ0) is 11.4. The Morgan fingerprint density at radius 3 is 2.56 bits per heavy atom. The van der Waals surface area contributed by atoms with Gasteiger partial charge < -0.3 is 10.1 Å². The molecule has 1 heterocycles. The highest BCUT2D eigenvalue weighted by molar-refractivity contribution is 4.91. The van der Waals surface area contributed by atoms with Crippen molar-refractivity contribution in [3.63, 3.8) is 0 Å². The van der Waals surface area contributed by atoms with E-state index in [4.69, 9.17) is 4.74 Å². The second-order valence-corrected chi connectivity index (χ2v) is 5.84. The van der Waals surface area contributed by atoms with Crippen LogP contribution in [0, 0.1) is 11.3 Å². The first-order valence-electron chi connectivity index (χ1n) is 7.09. The van der Waals surface area contributed by atoms with Crippen LogP contribution in [0.3, 0.4) is 0 Å². The van der Waals surface area contributed by atoms with Gasteiger partial charge in [0.15, 0.2) is 0 Å². The van der Waals surface area contributed by atoms with E-state index in [0.29, 0.717) is 5.41 Å². The summed E-state index contributed by atoms with van der Waals surface area (Å²) in [4.78, 5) is 0. The number of nitrogens with one attached hydrogen (secondary N) is 1. The van der Waals surface area contributed by atoms with Crippen molar-refractivity contribution in [3.8, 4) is 0 Å². The first kappa shape index (κ1) is 12.4. The van der Waals surface area contributed by atoms with E-state index < -0.39 is 0 Å². The van der Waals surface area contributed by atoms with Gasteiger partial charge in [-0.3, -0.25) is 0 Å². The van der Waals surface area contributed by atoms with Crippen molar-refractivity contribution in [2.45, 2.75) is 58.4 Å². The minimum Gasteiger partial charge on any atom is -0.381 e. The van der Waals surface area contributed by atoms with Gasteiger partial charge in [0.2, 0.25) is 0 Å². The van der Waals surface area contributed by atoms with E-state index in [-0.39, 0.29) is 0 Å². The van der Waals surface area contributed by atoms with Crippen LogP contribution in [0.2, 0.25) is 0 Å². The standard InChI is InChI=1S/C14H27NO/c1-3-12(4-2)9-14(7-8-16-11-14)10-15-13-5-6-13/h12-13,15H,3-11H2,1-2H3. The van der Waals surface area contributed by atoms with Crippen molar-refractivity contribution in [3.05, 3.63) is 0 Å². The van der Waals surface area contributed by atoms with E-state index in [2.05, 4.69) is 19.2 Å². The molecule has 0 bridgehead atoms. The molecule has 0 aromatic carbocycles. The Morgan fingerprint density at radius 2 is 2.06 bits per heavy atom. The van der Waals surface area contributed by atoms with Crippen molar-refractivity contribution in [2.24, 2.45) is 11.3 Å². The summed E-state index contributed by atoms with van der Waals surface area (Å²) < 4.78 is 5.66. The molecule has 2 nitrogen and oxygen atoms in total. The molecule has 1 unspecified atom stereocenters. The predicted molar refractivity (Wildman–Crippen MR) is 67.6 cm³/mol. The molecule has 0 aromatic heterocycles. The van der Waals surface area contributed by atoms with Crippen LogP contribution in [0.15, 0.2) is 0 Å². The minimum atomic E-state index is 0.458. The maximum absolute atomic E-state index is 5.66. The van der Waals surface area contributed by atoms with E-state index in [9.17, 15) is 0 Å². The molecule has 2 heteroatoms. The molecule has 1 aliphatic carbocycles. The molecule has 1 saturated heterocycles. The minimum absolute atomic E-state index is 0.458. The Hall–Kier alpha value is -0.0800. The fraction of sp³-hybridized carbons (Fsp3) is 1.00. The second kappa shape index (κ2) is 5.50. The van der Waals surface area contributed by atoms with Gasteiger partial charge in [0.25, 0.3) is 0 Å². The molecule has 0 spiro atoms. The Labute approximate surface area is 100 Å². The first-order chi connectivity index (χ1) is 7.78. The third-order valence-corrected chi connectivity index (χ3v) is 4.40. The van der Waals surface area contributed by atoms with Crippen LogP contribution in [-0.4, -0.2) is 25.8 Å². The maximum atomic E-state index is 5.66. The van der Waals surface area contributed by atoms with Crippen LogP contribution in [-0.2, 0) is 4.74 Å². The van der Waals surface area contributed by atoms with Crippen LogP contribution in [0.25, 0.3) is 0 Å². The summed E-state index contributed by atoms with van der Waals surface area (Å²) in [6.45, 7) is 7.81. The molecule has 2 aliphatic rings. The molecule has 0 radical (unpaired) electrons. The van der Waals surface area contributed by atoms with Gasteiger partial charge in [0, 0.05) is 24.6 Å². The zero-order valence-corrected chi connectivity index (χ0v) is 10.9. The summed E-state index contributed by atoms with van der Waals surface area (Å²) in [6, 6.07) is 0.833. The average molecular weight is 225 g/mol. The zero-order valence-electron chi connectivity index (χ0n) is 10.9. The van der Waals surface area contributed by atoms with E-state index in [1.54, 1.807) is 0 Å². The van der Waals surface area contributed by atoms with Crippen molar-refractivity contribution in [2.75, 3.05) is 19.8 Å². The summed E-state index contributed by atoms with van der Waals surface area (Å²) in [6.07, 6.45) is 8.05. The van der Waals surface area contributed by atoms with Gasteiger partial charge in [-0.15, -0.1) is 0 Å². The van der Waals surface area contributed by atoms with Crippen LogP contribution >= 0.6 is 0 Å². The molecular weight excluding hydrogens is 198 g/mol. The highest BCUT2D eigenvalue weighted by Gasteiger charge is 2.37. The lowest BCUT2D eigenvalue weighted by Gasteiger charge is -2.31. The highest BCUT2D eigenvalue weighted by atomic mass is 16.5. The SMILES string of the molecule is CCC(CC)CC1(CNC2CC2)CCOC1. The summed E-state index contributed by atoms with van der Waals surface area (Å²) >= 11 is 0. The van der Waals surface area contributed by atoms with Crippen molar-refractivity contribution in [1.29, 1.82) is 0 Å². The van der Waals surface area contributed by atoms with Gasteiger partial charge in [0.1, 0.15) is 0 Å². The molecule has 2 rings (SSSR count). The van der Waals surface area contributed by atoms with Gasteiger partial charge in [0.05, 0.1) is 6.61 Å². The van der Waals surface area contributed by atoms with Gasteiger partial charge in [-0.2, -0.15) is 0 Å². The molecule has 0 aromatic rings. The summed E-state index contributed by atoms with van der Waals surface area (Å²) in [5.74, 6) is 0.891. The van der Waals surface area contributed by atoms with Crippen molar-refractivity contribution in [1.82, 2.24) is 5.32 Å². The fourth-order valence-corrected chi connectivity index (χ4v) is 2.86. The summed E-state index contributed by atoms with van der Waals surface area (Å²) in [5.41, 5.74) is 0.458. The maximum Gasteiger partial charge on any atom is 0.0535 e. The summed E-state index contributed by atoms with van der Waals surface area (Å²) in [5, 5.41) is 3.71. The van der Waals surface area contributed by atoms with E-state index >= 15 is 0 Å². The smallest absolute Gasteiger partial charge is 0.0535 e. The number of ether oxygens (including phenoxy) is 1. The van der Waals surface area contributed by atoms with Gasteiger partial charge in [-0.25, -0.2) is 0 Å². The average Bonchev–Trinajstić information content (AvgIpc) is 3.04. The number of hydrogen-bond donors (Lipinski definition) is 1. The largest absolute Gasteiger partial charge is 0.381 e. The van der Waals surface area contributed by atoms with Crippen molar-refractivity contribution < 1.29 is 4.74 Å². The highest BCUT2D eigenvalue weighted by Crippen LogP contribution is 2.37. The van der Waals surface area contributed by atoms with Gasteiger partial charge in [-0.1, -0.05) is 26.7 Å². The molecule has 1 saturated carbocycles. The molecule has 94 valence electrons. The molecular formula is C14H27NO. The van der Waals surface area contributed by atoms with Crippen LogP contribution in [0.5, 0.6) is 0 Å². The predicted octanol–water partition coefficient (Wildman–Crippen LogP) is 2.97. The van der Waals surface area contributed by atoms with E-state index in [0.717, 1.165) is 25.2 Å². The molecule has 1 aliphatic heterocycles. The number of rotatable bonds is 7. The van der Waals surface area contributed by atoms with E-state index in [1.165, 1.54) is 45.1 Å². The third kappa shape index (κ3) is 3.21. The van der Waals surface area contributed by atoms with Crippen molar-refractivity contribution >= 4 is 0 Å². The van der Waals surface area contributed by atoms with Crippen LogP contribution < -0.4 is 5.32 Å². The topological polar surface area (TPSA) is 21.3 Å². The second-order valence-electron chi connectivity index (χ2n) is 5.84. The quantitative estimate of drug-likeness (QED) is 0.719. The Morgan fingerprint density at radius 1 is 1.31 bits per heavy atom. The van der Waals surface area contributed by atoms with E-state index in [1.807, 2.05) is 0 Å². The Balaban J connectivity index is 1.85. The molecule has 0 amide bonds. The molecule has 1 N–H and O–H groups in total. The van der Waals surface area contributed by atoms with Gasteiger partial charge >= 0.3 is 0 Å². The lowest BCUT2D eigenvalue weighted by molar-refractivity contribution is 0.128. The van der Waals surface area contributed by atoms with Crippen LogP contribution in [0.1, 0.15) is 52.4 Å². The molecule has 2 fully saturated rings. The molecule has 1 atom stereocenters. The fourth-order valence-electron chi connectivity index (χ4n) is 2.86. The normalized spacial score (nSPS) is 30.2. The lowest BCUT2D eigenvalue weighted by atomic mass is 9.77. The first-order valence-corrected chi connectivity index (χ1v) is 7.09. The Kier molecular flexibility index (Phi) is 4.26. The monoisotopic (exact) mass is 225 g/mol. The summed E-state index contributed by atoms with van der Waals surface area (Å²) in [7, 11) is 0. The van der Waals surface area contributed by atoms with Gasteiger partial charge in [-0.05, 0) is 31.6 Å². The Bertz CT molecular complexity index is 203.